The van der Waals surface area contributed by atoms with Crippen LogP contribution in [0.25, 0.3) is 0 Å². The number of hydrogen-bond donors (Lipinski definition) is 1. The van der Waals surface area contributed by atoms with Crippen molar-refractivity contribution in [1.82, 2.24) is 5.32 Å². The highest BCUT2D eigenvalue weighted by Crippen LogP contribution is 2.18. The molecule has 4 heteroatoms. The van der Waals surface area contributed by atoms with Crippen LogP contribution in [0.15, 0.2) is 18.2 Å². The van der Waals surface area contributed by atoms with Crippen molar-refractivity contribution in [3.63, 3.8) is 0 Å². The minimum Gasteiger partial charge on any atom is -0.380 e. The van der Waals surface area contributed by atoms with Crippen molar-refractivity contribution < 1.29 is 9.13 Å². The lowest BCUT2D eigenvalue weighted by Crippen LogP contribution is -2.19. The summed E-state index contributed by atoms with van der Waals surface area (Å²) in [7, 11) is 0. The van der Waals surface area contributed by atoms with Crippen molar-refractivity contribution in [3.05, 3.63) is 34.6 Å². The van der Waals surface area contributed by atoms with E-state index in [1.54, 1.807) is 12.1 Å². The molecule has 0 heterocycles. The van der Waals surface area contributed by atoms with Crippen molar-refractivity contribution in [2.24, 2.45) is 0 Å². The Morgan fingerprint density at radius 2 is 2.27 bits per heavy atom. The van der Waals surface area contributed by atoms with Gasteiger partial charge in [0.05, 0.1) is 11.6 Å². The molecule has 0 fully saturated rings. The highest BCUT2D eigenvalue weighted by atomic mass is 35.5. The molecule has 2 nitrogen and oxygen atoms in total. The molecule has 1 aromatic rings. The van der Waals surface area contributed by atoms with E-state index < -0.39 is 0 Å². The molecule has 0 aliphatic carbocycles. The summed E-state index contributed by atoms with van der Waals surface area (Å²) in [6.07, 6.45) is 0. The summed E-state index contributed by atoms with van der Waals surface area (Å²) in [5.41, 5.74) is 0.771. The summed E-state index contributed by atoms with van der Waals surface area (Å²) < 4.78 is 18.2. The van der Waals surface area contributed by atoms with Gasteiger partial charge in [-0.15, -0.1) is 0 Å². The lowest BCUT2D eigenvalue weighted by molar-refractivity contribution is 0.149. The largest absolute Gasteiger partial charge is 0.380 e. The van der Waals surface area contributed by atoms with Crippen LogP contribution in [-0.4, -0.2) is 19.8 Å². The van der Waals surface area contributed by atoms with E-state index in [2.05, 4.69) is 5.32 Å². The van der Waals surface area contributed by atoms with Crippen LogP contribution < -0.4 is 5.32 Å². The number of nitrogens with one attached hydrogen (secondary N) is 1. The Labute approximate surface area is 94.4 Å². The van der Waals surface area contributed by atoms with E-state index in [0.29, 0.717) is 19.8 Å². The average molecular weight is 232 g/mol. The Bertz CT molecular complexity index is 307. The molecule has 0 atom stereocenters. The minimum absolute atomic E-state index is 0.196. The lowest BCUT2D eigenvalue weighted by atomic mass is 10.2. The number of rotatable bonds is 6. The van der Waals surface area contributed by atoms with Crippen molar-refractivity contribution >= 4 is 11.6 Å². The summed E-state index contributed by atoms with van der Waals surface area (Å²) in [5, 5.41) is 3.32. The van der Waals surface area contributed by atoms with Crippen LogP contribution >= 0.6 is 11.6 Å². The standard InChI is InChI=1S/C11H15ClFNO/c1-2-15-7-6-14-8-9-4-3-5-10(13)11(9)12/h3-5,14H,2,6-8H2,1H3. The molecule has 0 aliphatic rings. The van der Waals surface area contributed by atoms with Crippen molar-refractivity contribution in [2.45, 2.75) is 13.5 Å². The second-order valence-electron chi connectivity index (χ2n) is 3.09. The molecule has 1 N–H and O–H groups in total. The summed E-state index contributed by atoms with van der Waals surface area (Å²) in [6.45, 7) is 4.61. The van der Waals surface area contributed by atoms with Gasteiger partial charge in [0.25, 0.3) is 0 Å². The monoisotopic (exact) mass is 231 g/mol. The molecule has 0 unspecified atom stereocenters. The van der Waals surface area contributed by atoms with Crippen molar-refractivity contribution in [3.8, 4) is 0 Å². The van der Waals surface area contributed by atoms with E-state index in [4.69, 9.17) is 16.3 Å². The molecule has 0 bridgehead atoms. The fraction of sp³-hybridized carbons (Fsp3) is 0.455. The molecule has 0 saturated carbocycles. The van der Waals surface area contributed by atoms with Gasteiger partial charge in [0, 0.05) is 19.7 Å². The van der Waals surface area contributed by atoms with Gasteiger partial charge in [-0.1, -0.05) is 23.7 Å². The number of halogens is 2. The van der Waals surface area contributed by atoms with Crippen LogP contribution in [0.1, 0.15) is 12.5 Å². The van der Waals surface area contributed by atoms with Gasteiger partial charge in [-0.3, -0.25) is 0 Å². The maximum Gasteiger partial charge on any atom is 0.142 e. The minimum atomic E-state index is -0.374. The van der Waals surface area contributed by atoms with Gasteiger partial charge in [-0.25, -0.2) is 4.39 Å². The van der Waals surface area contributed by atoms with Gasteiger partial charge in [0.1, 0.15) is 5.82 Å². The molecule has 0 saturated heterocycles. The first-order valence-electron chi connectivity index (χ1n) is 4.97. The zero-order valence-electron chi connectivity index (χ0n) is 8.72. The normalized spacial score (nSPS) is 10.6. The predicted molar refractivity (Wildman–Crippen MR) is 59.6 cm³/mol. The fourth-order valence-electron chi connectivity index (χ4n) is 1.20. The zero-order valence-corrected chi connectivity index (χ0v) is 9.48. The molecular formula is C11H15ClFNO. The Morgan fingerprint density at radius 1 is 1.47 bits per heavy atom. The van der Waals surface area contributed by atoms with Gasteiger partial charge in [0.2, 0.25) is 0 Å². The van der Waals surface area contributed by atoms with Gasteiger partial charge < -0.3 is 10.1 Å². The van der Waals surface area contributed by atoms with Gasteiger partial charge in [-0.2, -0.15) is 0 Å². The molecule has 15 heavy (non-hydrogen) atoms. The van der Waals surface area contributed by atoms with E-state index >= 15 is 0 Å². The molecule has 84 valence electrons. The van der Waals surface area contributed by atoms with Crippen LogP contribution in [0, 0.1) is 5.82 Å². The quantitative estimate of drug-likeness (QED) is 0.760. The van der Waals surface area contributed by atoms with E-state index in [1.807, 2.05) is 6.92 Å². The number of ether oxygens (including phenoxy) is 1. The van der Waals surface area contributed by atoms with E-state index in [-0.39, 0.29) is 10.8 Å². The first kappa shape index (κ1) is 12.4. The highest BCUT2D eigenvalue weighted by Gasteiger charge is 2.04. The SMILES string of the molecule is CCOCCNCc1cccc(F)c1Cl. The molecule has 0 amide bonds. The van der Waals surface area contributed by atoms with Gasteiger partial charge in [0.15, 0.2) is 0 Å². The Balaban J connectivity index is 2.34. The van der Waals surface area contributed by atoms with E-state index in [0.717, 1.165) is 12.1 Å². The van der Waals surface area contributed by atoms with Gasteiger partial charge >= 0.3 is 0 Å². The second-order valence-corrected chi connectivity index (χ2v) is 3.46. The van der Waals surface area contributed by atoms with Crippen molar-refractivity contribution in [2.75, 3.05) is 19.8 Å². The number of benzene rings is 1. The molecule has 0 radical (unpaired) electrons. The molecule has 1 rings (SSSR count). The Morgan fingerprint density at radius 3 is 3.00 bits per heavy atom. The van der Waals surface area contributed by atoms with Crippen molar-refractivity contribution in [1.29, 1.82) is 0 Å². The van der Waals surface area contributed by atoms with Gasteiger partial charge in [-0.05, 0) is 18.6 Å². The third kappa shape index (κ3) is 4.16. The van der Waals surface area contributed by atoms with Crippen LogP contribution in [0.5, 0.6) is 0 Å². The second kappa shape index (κ2) is 6.77. The molecular weight excluding hydrogens is 217 g/mol. The highest BCUT2D eigenvalue weighted by molar-refractivity contribution is 6.31. The predicted octanol–water partition coefficient (Wildman–Crippen LogP) is 2.61. The third-order valence-electron chi connectivity index (χ3n) is 1.97. The first-order chi connectivity index (χ1) is 7.25. The topological polar surface area (TPSA) is 21.3 Å². The molecule has 0 aliphatic heterocycles. The van der Waals surface area contributed by atoms with Crippen LogP contribution in [0.2, 0.25) is 5.02 Å². The van der Waals surface area contributed by atoms with E-state index in [1.165, 1.54) is 6.07 Å². The summed E-state index contributed by atoms with van der Waals surface area (Å²) in [4.78, 5) is 0. The molecule has 0 aromatic heterocycles. The summed E-state index contributed by atoms with van der Waals surface area (Å²) >= 11 is 5.79. The summed E-state index contributed by atoms with van der Waals surface area (Å²) in [6, 6.07) is 4.81. The molecule has 1 aromatic carbocycles. The maximum absolute atomic E-state index is 13.0. The van der Waals surface area contributed by atoms with Crippen LogP contribution in [-0.2, 0) is 11.3 Å². The lowest BCUT2D eigenvalue weighted by Gasteiger charge is -2.07. The zero-order chi connectivity index (χ0) is 11.1. The summed E-state index contributed by atoms with van der Waals surface area (Å²) in [5.74, 6) is -0.374. The van der Waals surface area contributed by atoms with Crippen LogP contribution in [0.3, 0.4) is 0 Å². The van der Waals surface area contributed by atoms with Crippen LogP contribution in [0.4, 0.5) is 4.39 Å². The average Bonchev–Trinajstić information content (AvgIpc) is 2.24. The fourth-order valence-corrected chi connectivity index (χ4v) is 1.39. The molecule has 0 spiro atoms. The first-order valence-corrected chi connectivity index (χ1v) is 5.35. The number of hydrogen-bond acceptors (Lipinski definition) is 2. The Hall–Kier alpha value is -0.640. The van der Waals surface area contributed by atoms with E-state index in [9.17, 15) is 4.39 Å². The third-order valence-corrected chi connectivity index (χ3v) is 2.40. The Kier molecular flexibility index (Phi) is 5.61. The maximum atomic E-state index is 13.0. The smallest absolute Gasteiger partial charge is 0.142 e.